The molecule has 0 radical (unpaired) electrons. The zero-order valence-electron chi connectivity index (χ0n) is 23.3. The van der Waals surface area contributed by atoms with Crippen molar-refractivity contribution in [3.05, 3.63) is 21.3 Å². The van der Waals surface area contributed by atoms with Gasteiger partial charge in [0.1, 0.15) is 0 Å². The number of ether oxygens (including phenoxy) is 4. The maximum atomic E-state index is 13.1. The predicted octanol–water partition coefficient (Wildman–Crippen LogP) is 5.44. The molecule has 0 heterocycles. The molecule has 0 aromatic heterocycles. The standard InChI is InChI=1S/C25H38INO10/c1-15(27(22(30)34-24(4,5)6)23(31)35-25(7,8)9)12-18-13-20(32-10)21(33-11)14-19(18)26(36-16(2)28)37-17(3)29/h13-15H,12H2,1-11H3/t15-/m1/s1. The third-order valence-electron chi connectivity index (χ3n) is 4.21. The summed E-state index contributed by atoms with van der Waals surface area (Å²) in [5.41, 5.74) is -1.21. The third-order valence-corrected chi connectivity index (χ3v) is 8.21. The normalized spacial score (nSPS) is 12.6. The second kappa shape index (κ2) is 13.2. The van der Waals surface area contributed by atoms with Crippen molar-refractivity contribution < 1.29 is 44.3 Å². The Balaban J connectivity index is 3.62. The number of hydrogen-bond donors (Lipinski definition) is 0. The first-order chi connectivity index (χ1) is 16.9. The van der Waals surface area contributed by atoms with E-state index in [0.717, 1.165) is 4.90 Å². The van der Waals surface area contributed by atoms with Crippen LogP contribution in [0.25, 0.3) is 0 Å². The molecular formula is C25H38INO10. The molecular weight excluding hydrogens is 601 g/mol. The van der Waals surface area contributed by atoms with Gasteiger partial charge < -0.3 is 0 Å². The number of imide groups is 1. The second-order valence-electron chi connectivity index (χ2n) is 10.0. The van der Waals surface area contributed by atoms with Crippen LogP contribution < -0.4 is 9.47 Å². The Labute approximate surface area is 226 Å². The zero-order valence-corrected chi connectivity index (χ0v) is 25.5. The van der Waals surface area contributed by atoms with Crippen LogP contribution in [0.2, 0.25) is 0 Å². The van der Waals surface area contributed by atoms with Gasteiger partial charge in [-0.1, -0.05) is 0 Å². The SMILES string of the molecule is COc1cc(C[C@@H](C)N(C(=O)OC(C)(C)C)C(=O)OC(C)(C)C)c(I(OC(C)=O)OC(C)=O)cc1OC. The Morgan fingerprint density at radius 2 is 1.22 bits per heavy atom. The number of carbonyl (C=O) groups excluding carboxylic acids is 4. The minimum absolute atomic E-state index is 0.0741. The van der Waals surface area contributed by atoms with Gasteiger partial charge in [-0.3, -0.25) is 0 Å². The van der Waals surface area contributed by atoms with Gasteiger partial charge in [-0.05, 0) is 0 Å². The van der Waals surface area contributed by atoms with Crippen LogP contribution in [0.3, 0.4) is 0 Å². The molecule has 37 heavy (non-hydrogen) atoms. The van der Waals surface area contributed by atoms with E-state index in [-0.39, 0.29) is 6.42 Å². The summed E-state index contributed by atoms with van der Waals surface area (Å²) in [6.07, 6.45) is -1.69. The molecule has 0 bridgehead atoms. The van der Waals surface area contributed by atoms with Crippen molar-refractivity contribution in [3.63, 3.8) is 0 Å². The van der Waals surface area contributed by atoms with E-state index >= 15 is 0 Å². The predicted molar refractivity (Wildman–Crippen MR) is 143 cm³/mol. The number of nitrogens with zero attached hydrogens (tertiary/aromatic N) is 1. The van der Waals surface area contributed by atoms with E-state index in [0.29, 0.717) is 20.6 Å². The number of methoxy groups -OCH3 is 2. The number of amides is 2. The van der Waals surface area contributed by atoms with E-state index < -0.39 is 62.0 Å². The monoisotopic (exact) mass is 639 g/mol. The van der Waals surface area contributed by atoms with Gasteiger partial charge in [-0.15, -0.1) is 0 Å². The van der Waals surface area contributed by atoms with Crippen molar-refractivity contribution in [1.82, 2.24) is 4.90 Å². The van der Waals surface area contributed by atoms with Crippen LogP contribution in [-0.4, -0.2) is 60.5 Å². The van der Waals surface area contributed by atoms with Crippen LogP contribution in [-0.2, 0) is 31.6 Å². The van der Waals surface area contributed by atoms with Crippen LogP contribution in [0, 0.1) is 3.57 Å². The average Bonchev–Trinajstić information content (AvgIpc) is 2.69. The van der Waals surface area contributed by atoms with Crippen LogP contribution in [0.4, 0.5) is 9.59 Å². The van der Waals surface area contributed by atoms with E-state index in [1.165, 1.54) is 28.1 Å². The van der Waals surface area contributed by atoms with E-state index in [9.17, 15) is 19.2 Å². The van der Waals surface area contributed by atoms with E-state index in [4.69, 9.17) is 25.1 Å². The summed E-state index contributed by atoms with van der Waals surface area (Å²) in [7, 11) is 2.89. The molecule has 11 nitrogen and oxygen atoms in total. The van der Waals surface area contributed by atoms with Crippen molar-refractivity contribution >= 4 is 44.8 Å². The molecule has 0 saturated carbocycles. The minimum atomic E-state index is -3.33. The molecule has 0 saturated heterocycles. The first-order valence-corrected chi connectivity index (χ1v) is 14.3. The molecule has 0 aliphatic carbocycles. The number of rotatable bonds is 8. The molecule has 0 aliphatic heterocycles. The summed E-state index contributed by atoms with van der Waals surface area (Å²) in [4.78, 5) is 50.7. The summed E-state index contributed by atoms with van der Waals surface area (Å²) in [5.74, 6) is -0.559. The molecule has 1 rings (SSSR count). The second-order valence-corrected chi connectivity index (χ2v) is 13.3. The molecule has 0 unspecified atom stereocenters. The van der Waals surface area contributed by atoms with Gasteiger partial charge in [0.25, 0.3) is 0 Å². The quantitative estimate of drug-likeness (QED) is 0.340. The number of halogens is 1. The molecule has 0 fully saturated rings. The summed E-state index contributed by atoms with van der Waals surface area (Å²) in [5, 5.41) is 0. The summed E-state index contributed by atoms with van der Waals surface area (Å²) in [6.45, 7) is 14.2. The molecule has 210 valence electrons. The van der Waals surface area contributed by atoms with Crippen molar-refractivity contribution in [3.8, 4) is 11.5 Å². The Morgan fingerprint density at radius 1 is 0.811 bits per heavy atom. The van der Waals surface area contributed by atoms with Gasteiger partial charge in [-0.25, -0.2) is 0 Å². The van der Waals surface area contributed by atoms with E-state index in [1.807, 2.05) is 0 Å². The first-order valence-electron chi connectivity index (χ1n) is 11.5. The third kappa shape index (κ3) is 10.6. The summed E-state index contributed by atoms with van der Waals surface area (Å²) < 4.78 is 33.0. The van der Waals surface area contributed by atoms with Gasteiger partial charge in [0.2, 0.25) is 0 Å². The Morgan fingerprint density at radius 3 is 1.57 bits per heavy atom. The van der Waals surface area contributed by atoms with Gasteiger partial charge in [0.15, 0.2) is 0 Å². The van der Waals surface area contributed by atoms with E-state index in [1.54, 1.807) is 60.6 Å². The molecule has 12 heteroatoms. The van der Waals surface area contributed by atoms with Gasteiger partial charge in [0, 0.05) is 0 Å². The molecule has 0 spiro atoms. The zero-order chi connectivity index (χ0) is 28.7. The maximum absolute atomic E-state index is 13.1. The van der Waals surface area contributed by atoms with Crippen molar-refractivity contribution in [2.75, 3.05) is 14.2 Å². The number of hydrogen-bond acceptors (Lipinski definition) is 10. The Hall–Kier alpha value is -2.77. The van der Waals surface area contributed by atoms with Crippen molar-refractivity contribution in [1.29, 1.82) is 0 Å². The molecule has 2 amide bonds. The number of benzene rings is 1. The van der Waals surface area contributed by atoms with Gasteiger partial charge >= 0.3 is 227 Å². The topological polar surface area (TPSA) is 127 Å². The first kappa shape index (κ1) is 32.3. The molecule has 0 N–H and O–H groups in total. The molecule has 1 aromatic carbocycles. The van der Waals surface area contributed by atoms with E-state index in [2.05, 4.69) is 0 Å². The molecule has 1 atom stereocenters. The fourth-order valence-electron chi connectivity index (χ4n) is 2.96. The van der Waals surface area contributed by atoms with Crippen LogP contribution >= 0.6 is 20.6 Å². The van der Waals surface area contributed by atoms with Crippen molar-refractivity contribution in [2.45, 2.75) is 86.0 Å². The summed E-state index contributed by atoms with van der Waals surface area (Å²) in [6, 6.07) is 2.42. The average molecular weight is 639 g/mol. The Kier molecular flexibility index (Phi) is 11.5. The molecule has 1 aromatic rings. The fourth-order valence-corrected chi connectivity index (χ4v) is 6.13. The Bertz CT molecular complexity index is 952. The van der Waals surface area contributed by atoms with Crippen LogP contribution in [0.5, 0.6) is 11.5 Å². The number of carbonyl (C=O) groups is 4. The summed E-state index contributed by atoms with van der Waals surface area (Å²) >= 11 is -3.33. The van der Waals surface area contributed by atoms with Crippen LogP contribution in [0.1, 0.15) is 67.9 Å². The van der Waals surface area contributed by atoms with Gasteiger partial charge in [-0.2, -0.15) is 0 Å². The molecule has 0 aliphatic rings. The fraction of sp³-hybridized carbons (Fsp3) is 0.600. The van der Waals surface area contributed by atoms with Gasteiger partial charge in [0.05, 0.1) is 0 Å². The van der Waals surface area contributed by atoms with Crippen molar-refractivity contribution in [2.24, 2.45) is 0 Å². The van der Waals surface area contributed by atoms with Crippen LogP contribution in [0.15, 0.2) is 12.1 Å².